The van der Waals surface area contributed by atoms with Crippen molar-refractivity contribution in [2.45, 2.75) is 19.8 Å². The number of ether oxygens (including phenoxy) is 1. The number of anilines is 1. The molecule has 0 aliphatic carbocycles. The third-order valence-electron chi connectivity index (χ3n) is 3.12. The zero-order chi connectivity index (χ0) is 12.8. The predicted molar refractivity (Wildman–Crippen MR) is 68.8 cm³/mol. The van der Waals surface area contributed by atoms with Gasteiger partial charge in [-0.2, -0.15) is 4.98 Å². The monoisotopic (exact) mass is 254 g/mol. The van der Waals surface area contributed by atoms with Crippen LogP contribution in [-0.4, -0.2) is 61.5 Å². The Morgan fingerprint density at radius 3 is 2.83 bits per heavy atom. The van der Waals surface area contributed by atoms with Gasteiger partial charge in [-0.15, -0.1) is 0 Å². The maximum absolute atomic E-state index is 5.33. The first-order chi connectivity index (χ1) is 8.79. The minimum atomic E-state index is 0.687. The number of likely N-dealkylation sites (N-methyl/N-ethyl adjacent to an activating group) is 1. The van der Waals surface area contributed by atoms with Gasteiger partial charge in [0.25, 0.3) is 5.95 Å². The van der Waals surface area contributed by atoms with Crippen LogP contribution in [-0.2, 0) is 11.2 Å². The summed E-state index contributed by atoms with van der Waals surface area (Å²) in [6, 6.07) is 0. The van der Waals surface area contributed by atoms with E-state index in [1.807, 2.05) is 11.9 Å². The second kappa shape index (κ2) is 6.70. The molecule has 0 atom stereocenters. The fourth-order valence-electron chi connectivity index (χ4n) is 1.93. The van der Waals surface area contributed by atoms with Crippen LogP contribution in [0.2, 0.25) is 0 Å². The molecule has 0 aromatic carbocycles. The number of morpholine rings is 1. The van der Waals surface area contributed by atoms with E-state index in [1.54, 1.807) is 0 Å². The summed E-state index contributed by atoms with van der Waals surface area (Å²) in [4.78, 5) is 8.80. The molecule has 0 radical (unpaired) electrons. The molecule has 1 fully saturated rings. The number of nitrogens with zero attached hydrogens (tertiary/aromatic N) is 4. The Morgan fingerprint density at radius 2 is 2.11 bits per heavy atom. The van der Waals surface area contributed by atoms with E-state index < -0.39 is 0 Å². The summed E-state index contributed by atoms with van der Waals surface area (Å²) in [5.41, 5.74) is 0. The lowest BCUT2D eigenvalue weighted by atomic mass is 10.3. The molecule has 1 aliphatic rings. The molecule has 6 nitrogen and oxygen atoms in total. The fraction of sp³-hybridized carbons (Fsp3) is 0.833. The summed E-state index contributed by atoms with van der Waals surface area (Å²) in [6.45, 7) is 7.73. The second-order valence-electron chi connectivity index (χ2n) is 4.61. The van der Waals surface area contributed by atoms with Gasteiger partial charge in [-0.3, -0.25) is 4.90 Å². The van der Waals surface area contributed by atoms with Crippen LogP contribution in [0.3, 0.4) is 0 Å². The Bertz CT molecular complexity index is 350. The Labute approximate surface area is 108 Å². The first-order valence-electron chi connectivity index (χ1n) is 6.63. The molecule has 18 heavy (non-hydrogen) atoms. The highest BCUT2D eigenvalue weighted by Crippen LogP contribution is 2.09. The molecule has 0 unspecified atom stereocenters. The first-order valence-corrected chi connectivity index (χ1v) is 6.63. The molecule has 0 saturated carbocycles. The number of rotatable bonds is 6. The number of aryl methyl sites for hydroxylation is 1. The zero-order valence-corrected chi connectivity index (χ0v) is 11.3. The summed E-state index contributed by atoms with van der Waals surface area (Å²) in [7, 11) is 2.00. The van der Waals surface area contributed by atoms with E-state index in [0.29, 0.717) is 5.95 Å². The van der Waals surface area contributed by atoms with Crippen molar-refractivity contribution in [1.29, 1.82) is 0 Å². The van der Waals surface area contributed by atoms with E-state index in [2.05, 4.69) is 22.0 Å². The third kappa shape index (κ3) is 3.68. The Hall–Kier alpha value is -1.14. The second-order valence-corrected chi connectivity index (χ2v) is 4.61. The van der Waals surface area contributed by atoms with E-state index in [-0.39, 0.29) is 0 Å². The van der Waals surface area contributed by atoms with Gasteiger partial charge in [-0.05, 0) is 11.6 Å². The van der Waals surface area contributed by atoms with Crippen LogP contribution in [0.5, 0.6) is 0 Å². The van der Waals surface area contributed by atoms with Gasteiger partial charge in [0.2, 0.25) is 5.89 Å². The van der Waals surface area contributed by atoms with Crippen molar-refractivity contribution in [1.82, 2.24) is 15.0 Å². The van der Waals surface area contributed by atoms with Crippen molar-refractivity contribution in [2.24, 2.45) is 0 Å². The lowest BCUT2D eigenvalue weighted by Crippen LogP contribution is -2.40. The van der Waals surface area contributed by atoms with Crippen LogP contribution in [0.25, 0.3) is 0 Å². The maximum atomic E-state index is 5.33. The van der Waals surface area contributed by atoms with Crippen molar-refractivity contribution in [3.63, 3.8) is 0 Å². The van der Waals surface area contributed by atoms with Gasteiger partial charge in [-0.1, -0.05) is 6.92 Å². The number of hydrogen-bond acceptors (Lipinski definition) is 6. The summed E-state index contributed by atoms with van der Waals surface area (Å²) in [6.07, 6.45) is 1.88. The normalized spacial score (nSPS) is 17.0. The van der Waals surface area contributed by atoms with Gasteiger partial charge in [0.15, 0.2) is 0 Å². The quantitative estimate of drug-likeness (QED) is 0.748. The molecule has 0 bridgehead atoms. The predicted octanol–water partition coefficient (Wildman–Crippen LogP) is 0.790. The molecule has 1 saturated heterocycles. The Morgan fingerprint density at radius 1 is 1.33 bits per heavy atom. The van der Waals surface area contributed by atoms with Crippen LogP contribution in [0.1, 0.15) is 19.2 Å². The molecule has 2 rings (SSSR count). The highest BCUT2D eigenvalue weighted by Gasteiger charge is 2.13. The average Bonchev–Trinajstić information content (AvgIpc) is 2.86. The van der Waals surface area contributed by atoms with E-state index in [9.17, 15) is 0 Å². The molecular weight excluding hydrogens is 232 g/mol. The summed E-state index contributed by atoms with van der Waals surface area (Å²) in [5, 5.41) is 4.00. The molecule has 0 spiro atoms. The maximum Gasteiger partial charge on any atom is 0.265 e. The topological polar surface area (TPSA) is 54.6 Å². The minimum absolute atomic E-state index is 0.687. The van der Waals surface area contributed by atoms with Gasteiger partial charge < -0.3 is 14.2 Å². The molecule has 2 heterocycles. The molecule has 1 aliphatic heterocycles. The summed E-state index contributed by atoms with van der Waals surface area (Å²) < 4.78 is 10.5. The standard InChI is InChI=1S/C12H22N4O2/c1-3-4-11-13-12(14-18-11)15(2)5-6-16-7-9-17-10-8-16/h3-10H2,1-2H3. The lowest BCUT2D eigenvalue weighted by molar-refractivity contribution is 0.0392. The van der Waals surface area contributed by atoms with Crippen molar-refractivity contribution in [2.75, 3.05) is 51.3 Å². The van der Waals surface area contributed by atoms with Crippen molar-refractivity contribution >= 4 is 5.95 Å². The van der Waals surface area contributed by atoms with Crippen molar-refractivity contribution in [3.8, 4) is 0 Å². The highest BCUT2D eigenvalue weighted by atomic mass is 16.5. The van der Waals surface area contributed by atoms with Gasteiger partial charge >= 0.3 is 0 Å². The lowest BCUT2D eigenvalue weighted by Gasteiger charge is -2.28. The Kier molecular flexibility index (Phi) is 4.95. The average molecular weight is 254 g/mol. The van der Waals surface area contributed by atoms with Crippen molar-refractivity contribution in [3.05, 3.63) is 5.89 Å². The molecule has 1 aromatic heterocycles. The van der Waals surface area contributed by atoms with E-state index in [0.717, 1.165) is 58.1 Å². The smallest absolute Gasteiger partial charge is 0.265 e. The Balaban J connectivity index is 1.77. The van der Waals surface area contributed by atoms with Crippen LogP contribution >= 0.6 is 0 Å². The van der Waals surface area contributed by atoms with Crippen molar-refractivity contribution < 1.29 is 9.26 Å². The van der Waals surface area contributed by atoms with Gasteiger partial charge in [0.1, 0.15) is 0 Å². The molecule has 1 aromatic rings. The van der Waals surface area contributed by atoms with Crippen LogP contribution in [0.15, 0.2) is 4.52 Å². The van der Waals surface area contributed by atoms with E-state index >= 15 is 0 Å². The third-order valence-corrected chi connectivity index (χ3v) is 3.12. The van der Waals surface area contributed by atoms with Gasteiger partial charge in [0, 0.05) is 39.6 Å². The molecule has 0 amide bonds. The first kappa shape index (κ1) is 13.3. The number of hydrogen-bond donors (Lipinski definition) is 0. The number of aromatic nitrogens is 2. The van der Waals surface area contributed by atoms with E-state index in [1.165, 1.54) is 0 Å². The largest absolute Gasteiger partial charge is 0.379 e. The molecular formula is C12H22N4O2. The van der Waals surface area contributed by atoms with Crippen LogP contribution in [0.4, 0.5) is 5.95 Å². The SMILES string of the molecule is CCCc1nc(N(C)CCN2CCOCC2)no1. The minimum Gasteiger partial charge on any atom is -0.379 e. The molecule has 102 valence electrons. The van der Waals surface area contributed by atoms with Gasteiger partial charge in [-0.25, -0.2) is 0 Å². The summed E-state index contributed by atoms with van der Waals surface area (Å²) >= 11 is 0. The van der Waals surface area contributed by atoms with E-state index in [4.69, 9.17) is 9.26 Å². The summed E-state index contributed by atoms with van der Waals surface area (Å²) in [5.74, 6) is 1.41. The zero-order valence-electron chi connectivity index (χ0n) is 11.3. The van der Waals surface area contributed by atoms with Gasteiger partial charge in [0.05, 0.1) is 13.2 Å². The fourth-order valence-corrected chi connectivity index (χ4v) is 1.93. The molecule has 0 N–H and O–H groups in total. The van der Waals surface area contributed by atoms with Crippen LogP contribution in [0, 0.1) is 0 Å². The molecule has 6 heteroatoms. The van der Waals surface area contributed by atoms with Crippen LogP contribution < -0.4 is 4.90 Å². The highest BCUT2D eigenvalue weighted by molar-refractivity contribution is 5.25.